The molecule has 0 unspecified atom stereocenters. The van der Waals surface area contributed by atoms with E-state index >= 15 is 0 Å². The molecular formula is C11H10Cl2N2OS. The van der Waals surface area contributed by atoms with Crippen LogP contribution in [0.3, 0.4) is 0 Å². The standard InChI is InChI=1S/C11H10Cl2N2OS/c12-9-3-7(11(13)17-9)8-4-15-10(16-8)5-14-6-1-2-6/h3-4,6,14H,1-2,5H2. The molecule has 0 aromatic carbocycles. The molecule has 0 saturated heterocycles. The van der Waals surface area contributed by atoms with Crippen molar-refractivity contribution in [1.29, 1.82) is 0 Å². The van der Waals surface area contributed by atoms with Crippen molar-refractivity contribution >= 4 is 34.5 Å². The van der Waals surface area contributed by atoms with Gasteiger partial charge >= 0.3 is 0 Å². The van der Waals surface area contributed by atoms with Gasteiger partial charge in [0.15, 0.2) is 5.76 Å². The van der Waals surface area contributed by atoms with Crippen LogP contribution >= 0.6 is 34.5 Å². The van der Waals surface area contributed by atoms with Crippen LogP contribution in [0.15, 0.2) is 16.7 Å². The minimum Gasteiger partial charge on any atom is -0.439 e. The zero-order chi connectivity index (χ0) is 11.8. The average molecular weight is 289 g/mol. The van der Waals surface area contributed by atoms with Crippen LogP contribution < -0.4 is 5.32 Å². The van der Waals surface area contributed by atoms with Gasteiger partial charge in [0, 0.05) is 11.6 Å². The van der Waals surface area contributed by atoms with Gasteiger partial charge in [0.2, 0.25) is 5.89 Å². The summed E-state index contributed by atoms with van der Waals surface area (Å²) in [5.74, 6) is 1.36. The monoisotopic (exact) mass is 288 g/mol. The highest BCUT2D eigenvalue weighted by atomic mass is 35.5. The topological polar surface area (TPSA) is 38.1 Å². The van der Waals surface area contributed by atoms with E-state index in [1.807, 2.05) is 0 Å². The van der Waals surface area contributed by atoms with Crippen molar-refractivity contribution in [3.05, 3.63) is 26.8 Å². The van der Waals surface area contributed by atoms with Gasteiger partial charge in [0.05, 0.1) is 17.1 Å². The van der Waals surface area contributed by atoms with E-state index in [2.05, 4.69) is 10.3 Å². The largest absolute Gasteiger partial charge is 0.439 e. The summed E-state index contributed by atoms with van der Waals surface area (Å²) in [6.07, 6.45) is 4.19. The predicted octanol–water partition coefficient (Wildman–Crippen LogP) is 3.96. The fourth-order valence-corrected chi connectivity index (χ4v) is 3.02. The fraction of sp³-hybridized carbons (Fsp3) is 0.364. The predicted molar refractivity (Wildman–Crippen MR) is 69.7 cm³/mol. The van der Waals surface area contributed by atoms with Crippen LogP contribution in [0, 0.1) is 0 Å². The summed E-state index contributed by atoms with van der Waals surface area (Å²) < 4.78 is 6.92. The van der Waals surface area contributed by atoms with Crippen LogP contribution in [0.4, 0.5) is 0 Å². The van der Waals surface area contributed by atoms with Crippen LogP contribution in [0.2, 0.25) is 8.67 Å². The number of thiophene rings is 1. The third-order valence-corrected chi connectivity index (χ3v) is 4.08. The van der Waals surface area contributed by atoms with E-state index in [0.717, 1.165) is 5.56 Å². The first-order valence-electron chi connectivity index (χ1n) is 5.35. The van der Waals surface area contributed by atoms with Gasteiger partial charge in [-0.2, -0.15) is 0 Å². The Hall–Kier alpha value is -0.550. The molecule has 2 aromatic rings. The Morgan fingerprint density at radius 1 is 1.47 bits per heavy atom. The van der Waals surface area contributed by atoms with Gasteiger partial charge in [0.25, 0.3) is 0 Å². The summed E-state index contributed by atoms with van der Waals surface area (Å²) in [5.41, 5.74) is 0.812. The lowest BCUT2D eigenvalue weighted by Gasteiger charge is -1.96. The molecule has 17 heavy (non-hydrogen) atoms. The zero-order valence-corrected chi connectivity index (χ0v) is 11.2. The van der Waals surface area contributed by atoms with Crippen LogP contribution in [-0.4, -0.2) is 11.0 Å². The third-order valence-electron chi connectivity index (χ3n) is 2.60. The molecule has 6 heteroatoms. The van der Waals surface area contributed by atoms with Gasteiger partial charge in [-0.3, -0.25) is 0 Å². The van der Waals surface area contributed by atoms with E-state index in [1.165, 1.54) is 24.2 Å². The fourth-order valence-electron chi connectivity index (χ4n) is 1.54. The molecule has 1 aliphatic carbocycles. The Bertz CT molecular complexity index is 533. The molecule has 3 rings (SSSR count). The molecule has 0 atom stereocenters. The van der Waals surface area contributed by atoms with Gasteiger partial charge in [0.1, 0.15) is 4.34 Å². The molecule has 1 N–H and O–H groups in total. The molecule has 0 bridgehead atoms. The maximum Gasteiger partial charge on any atom is 0.208 e. The van der Waals surface area contributed by atoms with Gasteiger partial charge in [-0.25, -0.2) is 4.98 Å². The van der Waals surface area contributed by atoms with Crippen molar-refractivity contribution in [1.82, 2.24) is 10.3 Å². The normalized spacial score (nSPS) is 15.4. The first kappa shape index (κ1) is 11.5. The second-order valence-corrected chi connectivity index (χ2v) is 6.30. The molecule has 90 valence electrons. The van der Waals surface area contributed by atoms with Crippen molar-refractivity contribution in [2.45, 2.75) is 25.4 Å². The Balaban J connectivity index is 1.76. The average Bonchev–Trinajstić information content (AvgIpc) is 2.90. The number of nitrogens with zero attached hydrogens (tertiary/aromatic N) is 1. The molecule has 0 amide bonds. The lowest BCUT2D eigenvalue weighted by molar-refractivity contribution is 0.477. The van der Waals surface area contributed by atoms with Crippen molar-refractivity contribution < 1.29 is 4.42 Å². The van der Waals surface area contributed by atoms with E-state index in [1.54, 1.807) is 12.3 Å². The summed E-state index contributed by atoms with van der Waals surface area (Å²) in [7, 11) is 0. The lowest BCUT2D eigenvalue weighted by Crippen LogP contribution is -2.15. The maximum atomic E-state index is 6.06. The second kappa shape index (κ2) is 4.61. The second-order valence-electron chi connectivity index (χ2n) is 4.01. The minimum atomic E-state index is 0.632. The van der Waals surface area contributed by atoms with E-state index < -0.39 is 0 Å². The lowest BCUT2D eigenvalue weighted by atomic mass is 10.3. The summed E-state index contributed by atoms with van der Waals surface area (Å²) >= 11 is 13.3. The number of rotatable bonds is 4. The van der Waals surface area contributed by atoms with Crippen LogP contribution in [0.1, 0.15) is 18.7 Å². The zero-order valence-electron chi connectivity index (χ0n) is 8.87. The quantitative estimate of drug-likeness (QED) is 0.925. The van der Waals surface area contributed by atoms with Crippen molar-refractivity contribution in [2.75, 3.05) is 0 Å². The van der Waals surface area contributed by atoms with Crippen LogP contribution in [0.25, 0.3) is 11.3 Å². The number of nitrogens with one attached hydrogen (secondary N) is 1. The molecular weight excluding hydrogens is 279 g/mol. The molecule has 0 aliphatic heterocycles. The molecule has 0 radical (unpaired) electrons. The highest BCUT2D eigenvalue weighted by Crippen LogP contribution is 2.38. The molecule has 0 spiro atoms. The number of hydrogen-bond donors (Lipinski definition) is 1. The molecule has 3 nitrogen and oxygen atoms in total. The summed E-state index contributed by atoms with van der Waals surface area (Å²) in [6.45, 7) is 0.667. The molecule has 1 fully saturated rings. The molecule has 2 heterocycles. The molecule has 1 aliphatic rings. The summed E-state index contributed by atoms with van der Waals surface area (Å²) in [6, 6.07) is 2.44. The van der Waals surface area contributed by atoms with Crippen molar-refractivity contribution in [3.8, 4) is 11.3 Å². The van der Waals surface area contributed by atoms with E-state index in [-0.39, 0.29) is 0 Å². The third kappa shape index (κ3) is 2.65. The smallest absolute Gasteiger partial charge is 0.208 e. The van der Waals surface area contributed by atoms with E-state index in [9.17, 15) is 0 Å². The SMILES string of the molecule is Clc1cc(-c2cnc(CNC3CC3)o2)c(Cl)s1. The number of aromatic nitrogens is 1. The first-order valence-corrected chi connectivity index (χ1v) is 6.93. The highest BCUT2D eigenvalue weighted by Gasteiger charge is 2.21. The Morgan fingerprint density at radius 2 is 2.29 bits per heavy atom. The first-order chi connectivity index (χ1) is 8.22. The van der Waals surface area contributed by atoms with Gasteiger partial charge in [-0.05, 0) is 18.9 Å². The van der Waals surface area contributed by atoms with Gasteiger partial charge in [-0.1, -0.05) is 23.2 Å². The Morgan fingerprint density at radius 3 is 2.94 bits per heavy atom. The van der Waals surface area contributed by atoms with E-state index in [0.29, 0.717) is 32.9 Å². The molecule has 2 aromatic heterocycles. The molecule has 1 saturated carbocycles. The highest BCUT2D eigenvalue weighted by molar-refractivity contribution is 7.20. The maximum absolute atomic E-state index is 6.06. The Labute approximate surface area is 113 Å². The number of halogens is 2. The minimum absolute atomic E-state index is 0.632. The van der Waals surface area contributed by atoms with Crippen molar-refractivity contribution in [3.63, 3.8) is 0 Å². The van der Waals surface area contributed by atoms with Gasteiger partial charge < -0.3 is 9.73 Å². The summed E-state index contributed by atoms with van der Waals surface area (Å²) in [5, 5.41) is 3.34. The van der Waals surface area contributed by atoms with Crippen LogP contribution in [-0.2, 0) is 6.54 Å². The van der Waals surface area contributed by atoms with Crippen molar-refractivity contribution in [2.24, 2.45) is 0 Å². The summed E-state index contributed by atoms with van der Waals surface area (Å²) in [4.78, 5) is 4.22. The van der Waals surface area contributed by atoms with Gasteiger partial charge in [-0.15, -0.1) is 11.3 Å². The Kier molecular flexibility index (Phi) is 3.13. The number of hydrogen-bond acceptors (Lipinski definition) is 4. The van der Waals surface area contributed by atoms with E-state index in [4.69, 9.17) is 27.6 Å². The number of oxazole rings is 1. The van der Waals surface area contributed by atoms with Crippen LogP contribution in [0.5, 0.6) is 0 Å².